The summed E-state index contributed by atoms with van der Waals surface area (Å²) in [7, 11) is 0. The molecule has 0 aliphatic heterocycles. The maximum Gasteiger partial charge on any atom is 0.490 e. The van der Waals surface area contributed by atoms with Gasteiger partial charge < -0.3 is 16.2 Å². The summed E-state index contributed by atoms with van der Waals surface area (Å²) in [5, 5.41) is 10.7. The fraction of sp³-hybridized carbons (Fsp3) is 0.500. The van der Waals surface area contributed by atoms with Crippen molar-refractivity contribution < 1.29 is 27.9 Å². The van der Waals surface area contributed by atoms with Crippen molar-refractivity contribution in [1.29, 1.82) is 0 Å². The summed E-state index contributed by atoms with van der Waals surface area (Å²) in [5.74, 6) is -2.79. The van der Waals surface area contributed by atoms with Crippen LogP contribution in [-0.4, -0.2) is 29.2 Å². The summed E-state index contributed by atoms with van der Waals surface area (Å²) in [6, 6.07) is 5.59. The molecule has 1 aliphatic rings. The number of aliphatic carboxylic acids is 1. The quantitative estimate of drug-likeness (QED) is 0.747. The lowest BCUT2D eigenvalue weighted by atomic mass is 10.0. The van der Waals surface area contributed by atoms with E-state index in [2.05, 4.69) is 12.2 Å². The van der Waals surface area contributed by atoms with E-state index in [4.69, 9.17) is 27.2 Å². The molecule has 1 amide bonds. The number of carboxylic acids is 1. The summed E-state index contributed by atoms with van der Waals surface area (Å²) >= 11 is 5.97. The first-order chi connectivity index (χ1) is 11.6. The van der Waals surface area contributed by atoms with Crippen molar-refractivity contribution in [3.05, 3.63) is 28.8 Å². The van der Waals surface area contributed by atoms with Crippen molar-refractivity contribution in [1.82, 2.24) is 0 Å². The zero-order valence-electron chi connectivity index (χ0n) is 13.6. The molecule has 1 aromatic rings. The second kappa shape index (κ2) is 9.05. The molecule has 4 N–H and O–H groups in total. The Bertz CT molecular complexity index is 623. The van der Waals surface area contributed by atoms with Crippen LogP contribution in [0.1, 0.15) is 31.7 Å². The van der Waals surface area contributed by atoms with E-state index in [1.54, 1.807) is 6.07 Å². The number of alkyl halides is 3. The Morgan fingerprint density at radius 1 is 1.36 bits per heavy atom. The molecule has 25 heavy (non-hydrogen) atoms. The molecule has 1 aliphatic carbocycles. The van der Waals surface area contributed by atoms with Gasteiger partial charge in [-0.15, -0.1) is 0 Å². The molecule has 0 unspecified atom stereocenters. The van der Waals surface area contributed by atoms with Gasteiger partial charge in [0.05, 0.1) is 5.92 Å². The Balaban J connectivity index is 0.000000381. The molecule has 2 rings (SSSR count). The van der Waals surface area contributed by atoms with E-state index in [-0.39, 0.29) is 17.9 Å². The number of hydrogen-bond donors (Lipinski definition) is 3. The van der Waals surface area contributed by atoms with Crippen molar-refractivity contribution >= 4 is 29.2 Å². The molecule has 0 spiro atoms. The van der Waals surface area contributed by atoms with E-state index in [0.717, 1.165) is 36.9 Å². The molecule has 0 bridgehead atoms. The first-order valence-corrected chi connectivity index (χ1v) is 8.09. The number of amides is 1. The summed E-state index contributed by atoms with van der Waals surface area (Å²) in [6.45, 7) is 2.06. The van der Waals surface area contributed by atoms with E-state index >= 15 is 0 Å². The molecule has 0 heterocycles. The van der Waals surface area contributed by atoms with Gasteiger partial charge in [0.15, 0.2) is 0 Å². The molecule has 5 nitrogen and oxygen atoms in total. The highest BCUT2D eigenvalue weighted by atomic mass is 35.5. The minimum atomic E-state index is -5.08. The summed E-state index contributed by atoms with van der Waals surface area (Å²) < 4.78 is 31.7. The van der Waals surface area contributed by atoms with Gasteiger partial charge in [-0.1, -0.05) is 31.0 Å². The van der Waals surface area contributed by atoms with Crippen LogP contribution in [0.25, 0.3) is 0 Å². The summed E-state index contributed by atoms with van der Waals surface area (Å²) in [6.07, 6.45) is -1.36. The van der Waals surface area contributed by atoms with Crippen LogP contribution in [0.4, 0.5) is 18.9 Å². The van der Waals surface area contributed by atoms with Crippen LogP contribution in [0, 0.1) is 5.92 Å². The van der Waals surface area contributed by atoms with Gasteiger partial charge in [-0.3, -0.25) is 4.79 Å². The fourth-order valence-electron chi connectivity index (χ4n) is 2.51. The predicted molar refractivity (Wildman–Crippen MR) is 88.5 cm³/mol. The van der Waals surface area contributed by atoms with Gasteiger partial charge in [-0.05, 0) is 37.0 Å². The number of anilines is 1. The Kier molecular flexibility index (Phi) is 7.69. The molecule has 0 aromatic heterocycles. The molecule has 1 saturated carbocycles. The van der Waals surface area contributed by atoms with Gasteiger partial charge in [-0.2, -0.15) is 13.2 Å². The zero-order chi connectivity index (χ0) is 19.2. The van der Waals surface area contributed by atoms with Gasteiger partial charge in [0.1, 0.15) is 0 Å². The molecular weight excluding hydrogens is 361 g/mol. The van der Waals surface area contributed by atoms with Crippen LogP contribution in [-0.2, 0) is 16.0 Å². The van der Waals surface area contributed by atoms with Crippen molar-refractivity contribution in [3.63, 3.8) is 0 Å². The molecule has 1 aromatic carbocycles. The molecule has 9 heteroatoms. The van der Waals surface area contributed by atoms with E-state index in [1.165, 1.54) is 0 Å². The molecule has 0 saturated heterocycles. The Hall–Kier alpha value is -1.80. The average Bonchev–Trinajstić information content (AvgIpc) is 2.93. The van der Waals surface area contributed by atoms with E-state index in [1.807, 2.05) is 12.1 Å². The molecule has 1 fully saturated rings. The average molecular weight is 381 g/mol. The van der Waals surface area contributed by atoms with Crippen LogP contribution >= 0.6 is 11.6 Å². The van der Waals surface area contributed by atoms with Gasteiger partial charge in [-0.25, -0.2) is 4.79 Å². The lowest BCUT2D eigenvalue weighted by Crippen LogP contribution is -2.34. The monoisotopic (exact) mass is 380 g/mol. The number of hydrogen-bond acceptors (Lipinski definition) is 3. The Labute approximate surface area is 148 Å². The maximum absolute atomic E-state index is 12.2. The Morgan fingerprint density at radius 2 is 1.96 bits per heavy atom. The van der Waals surface area contributed by atoms with Crippen LogP contribution in [0.2, 0.25) is 5.02 Å². The Morgan fingerprint density at radius 3 is 2.40 bits per heavy atom. The van der Waals surface area contributed by atoms with Gasteiger partial charge >= 0.3 is 12.1 Å². The summed E-state index contributed by atoms with van der Waals surface area (Å²) in [5.41, 5.74) is 7.86. The smallest absolute Gasteiger partial charge is 0.475 e. The van der Waals surface area contributed by atoms with E-state index in [9.17, 15) is 18.0 Å². The van der Waals surface area contributed by atoms with Crippen LogP contribution in [0.5, 0.6) is 0 Å². The van der Waals surface area contributed by atoms with Crippen molar-refractivity contribution in [2.75, 3.05) is 5.32 Å². The van der Waals surface area contributed by atoms with Gasteiger partial charge in [0.2, 0.25) is 5.91 Å². The maximum atomic E-state index is 12.2. The molecule has 140 valence electrons. The van der Waals surface area contributed by atoms with Crippen molar-refractivity contribution in [2.24, 2.45) is 11.7 Å². The lowest BCUT2D eigenvalue weighted by Gasteiger charge is -2.17. The largest absolute Gasteiger partial charge is 0.490 e. The number of halogens is 4. The van der Waals surface area contributed by atoms with Gasteiger partial charge in [0, 0.05) is 16.8 Å². The number of benzene rings is 1. The normalized spacial score (nSPS) is 19.8. The van der Waals surface area contributed by atoms with Crippen molar-refractivity contribution in [3.8, 4) is 0 Å². The highest BCUT2D eigenvalue weighted by Crippen LogP contribution is 2.27. The van der Waals surface area contributed by atoms with Crippen molar-refractivity contribution in [2.45, 2.75) is 44.8 Å². The molecular formula is C16H20ClF3N2O3. The second-order valence-electron chi connectivity index (χ2n) is 5.65. The highest BCUT2D eigenvalue weighted by Gasteiger charge is 2.38. The number of aryl methyl sites for hydroxylation is 1. The third kappa shape index (κ3) is 6.55. The van der Waals surface area contributed by atoms with Crippen LogP contribution in [0.15, 0.2) is 18.2 Å². The topological polar surface area (TPSA) is 92.4 Å². The minimum absolute atomic E-state index is 0.00531. The van der Waals surface area contributed by atoms with Crippen LogP contribution < -0.4 is 11.1 Å². The third-order valence-electron chi connectivity index (χ3n) is 3.86. The van der Waals surface area contributed by atoms with E-state index in [0.29, 0.717) is 5.02 Å². The first-order valence-electron chi connectivity index (χ1n) is 7.71. The number of carboxylic acid groups (broad SMARTS) is 1. The lowest BCUT2D eigenvalue weighted by molar-refractivity contribution is -0.192. The standard InChI is InChI=1S/C14H19ClN2O.C2HF3O2/c1-2-9-6-7-10(15)8-13(9)17-14(18)11-4-3-5-12(11)16;3-2(4,5)1(6)7/h6-8,11-12H,2-5,16H2,1H3,(H,17,18);(H,6,7)/t11-,12+;/m0./s1. The third-order valence-corrected chi connectivity index (χ3v) is 4.09. The number of carbonyl (C=O) groups excluding carboxylic acids is 1. The first kappa shape index (κ1) is 21.2. The zero-order valence-corrected chi connectivity index (χ0v) is 14.3. The summed E-state index contributed by atoms with van der Waals surface area (Å²) in [4.78, 5) is 21.1. The molecule has 2 atom stereocenters. The highest BCUT2D eigenvalue weighted by molar-refractivity contribution is 6.31. The SMILES string of the molecule is CCc1ccc(Cl)cc1NC(=O)[C@H]1CCC[C@H]1N.O=C(O)C(F)(F)F. The number of carbonyl (C=O) groups is 2. The van der Waals surface area contributed by atoms with Gasteiger partial charge in [0.25, 0.3) is 0 Å². The van der Waals surface area contributed by atoms with Crippen LogP contribution in [0.3, 0.4) is 0 Å². The fourth-order valence-corrected chi connectivity index (χ4v) is 2.69. The second-order valence-corrected chi connectivity index (χ2v) is 6.08. The predicted octanol–water partition coefficient (Wildman–Crippen LogP) is 3.60. The van der Waals surface area contributed by atoms with E-state index < -0.39 is 12.1 Å². The minimum Gasteiger partial charge on any atom is -0.475 e. The molecule has 0 radical (unpaired) electrons. The number of rotatable bonds is 3. The number of nitrogens with two attached hydrogens (primary N) is 1. The number of nitrogens with one attached hydrogen (secondary N) is 1.